The molecule has 1 fully saturated rings. The van der Waals surface area contributed by atoms with Gasteiger partial charge in [0.1, 0.15) is 17.7 Å². The highest BCUT2D eigenvalue weighted by Gasteiger charge is 2.42. The van der Waals surface area contributed by atoms with Gasteiger partial charge in [-0.3, -0.25) is 4.79 Å². The summed E-state index contributed by atoms with van der Waals surface area (Å²) < 4.78 is 10.0. The fraction of sp³-hybridized carbons (Fsp3) is 0.750. The summed E-state index contributed by atoms with van der Waals surface area (Å²) >= 11 is 0. The molecule has 8 heteroatoms. The van der Waals surface area contributed by atoms with Crippen molar-refractivity contribution in [3.05, 3.63) is 12.7 Å². The Morgan fingerprint density at radius 1 is 1.29 bits per heavy atom. The van der Waals surface area contributed by atoms with Crippen molar-refractivity contribution in [2.24, 2.45) is 0 Å². The van der Waals surface area contributed by atoms with Gasteiger partial charge < -0.3 is 24.8 Å². The minimum atomic E-state index is -0.851. The second-order valence-electron chi connectivity index (χ2n) is 8.04. The zero-order valence-electron chi connectivity index (χ0n) is 17.4. The van der Waals surface area contributed by atoms with Crippen LogP contribution in [0.1, 0.15) is 59.3 Å². The first-order chi connectivity index (χ1) is 13.1. The predicted molar refractivity (Wildman–Crippen MR) is 105 cm³/mol. The number of esters is 1. The Hall–Kier alpha value is -2.09. The number of amides is 2. The third kappa shape index (κ3) is 7.88. The van der Waals surface area contributed by atoms with E-state index in [1.165, 1.54) is 12.0 Å². The Bertz CT molecular complexity index is 557. The van der Waals surface area contributed by atoms with Gasteiger partial charge in [-0.05, 0) is 40.0 Å². The summed E-state index contributed by atoms with van der Waals surface area (Å²) in [5, 5.41) is 12.6. The number of aliphatic hydroxyl groups is 1. The van der Waals surface area contributed by atoms with Crippen LogP contribution in [-0.4, -0.2) is 65.4 Å². The second-order valence-corrected chi connectivity index (χ2v) is 8.04. The third-order valence-electron chi connectivity index (χ3n) is 4.43. The predicted octanol–water partition coefficient (Wildman–Crippen LogP) is 2.15. The van der Waals surface area contributed by atoms with E-state index < -0.39 is 41.8 Å². The van der Waals surface area contributed by atoms with E-state index in [1.54, 1.807) is 20.8 Å². The van der Waals surface area contributed by atoms with Crippen molar-refractivity contribution < 1.29 is 29.0 Å². The molecular formula is C20H34N2O6. The van der Waals surface area contributed by atoms with Gasteiger partial charge in [-0.25, -0.2) is 9.59 Å². The van der Waals surface area contributed by atoms with Gasteiger partial charge in [-0.15, -0.1) is 6.58 Å². The molecule has 2 N–H and O–H groups in total. The van der Waals surface area contributed by atoms with Gasteiger partial charge in [0, 0.05) is 13.0 Å². The van der Waals surface area contributed by atoms with Gasteiger partial charge in [0.15, 0.2) is 0 Å². The molecule has 0 radical (unpaired) electrons. The highest BCUT2D eigenvalue weighted by atomic mass is 16.6. The number of methoxy groups -OCH3 is 1. The van der Waals surface area contributed by atoms with E-state index in [4.69, 9.17) is 9.47 Å². The van der Waals surface area contributed by atoms with Crippen molar-refractivity contribution in [1.82, 2.24) is 10.2 Å². The maximum Gasteiger partial charge on any atom is 0.408 e. The van der Waals surface area contributed by atoms with Crippen LogP contribution in [0.15, 0.2) is 12.7 Å². The smallest absolute Gasteiger partial charge is 0.408 e. The number of carbonyl (C=O) groups is 3. The lowest BCUT2D eigenvalue weighted by molar-refractivity contribution is -0.151. The quantitative estimate of drug-likeness (QED) is 0.350. The van der Waals surface area contributed by atoms with Gasteiger partial charge in [-0.2, -0.15) is 0 Å². The van der Waals surface area contributed by atoms with Crippen molar-refractivity contribution in [2.75, 3.05) is 13.7 Å². The molecule has 0 aromatic rings. The fourth-order valence-electron chi connectivity index (χ4n) is 3.14. The van der Waals surface area contributed by atoms with Crippen molar-refractivity contribution in [3.8, 4) is 0 Å². The number of likely N-dealkylation sites (tertiary alicyclic amines) is 1. The van der Waals surface area contributed by atoms with E-state index in [9.17, 15) is 19.5 Å². The molecule has 0 bridgehead atoms. The number of carbonyl (C=O) groups excluding carboxylic acids is 3. The van der Waals surface area contributed by atoms with Gasteiger partial charge in [0.25, 0.3) is 0 Å². The maximum atomic E-state index is 13.1. The zero-order valence-corrected chi connectivity index (χ0v) is 17.4. The van der Waals surface area contributed by atoms with Gasteiger partial charge in [-0.1, -0.05) is 18.9 Å². The number of rotatable bonds is 9. The van der Waals surface area contributed by atoms with Crippen molar-refractivity contribution in [2.45, 2.75) is 83.1 Å². The number of hydrogen-bond donors (Lipinski definition) is 2. The van der Waals surface area contributed by atoms with Crippen LogP contribution in [0, 0.1) is 0 Å². The number of nitrogens with one attached hydrogen (secondary N) is 1. The number of alkyl carbamates (subject to hydrolysis) is 1. The number of aliphatic hydroxyl groups excluding tert-OH is 1. The van der Waals surface area contributed by atoms with E-state index in [2.05, 4.69) is 11.9 Å². The molecule has 2 amide bonds. The molecule has 2 unspecified atom stereocenters. The summed E-state index contributed by atoms with van der Waals surface area (Å²) in [6.45, 7) is 8.93. The molecule has 1 aliphatic heterocycles. The van der Waals surface area contributed by atoms with Crippen molar-refractivity contribution >= 4 is 18.0 Å². The topological polar surface area (TPSA) is 105 Å². The summed E-state index contributed by atoms with van der Waals surface area (Å²) in [5.41, 5.74) is -0.694. The van der Waals surface area contributed by atoms with E-state index in [0.717, 1.165) is 25.7 Å². The highest BCUT2D eigenvalue weighted by Crippen LogP contribution is 2.22. The Labute approximate surface area is 167 Å². The molecule has 1 heterocycles. The average Bonchev–Trinajstić information content (AvgIpc) is 2.99. The molecule has 0 saturated carbocycles. The Balaban J connectivity index is 2.85. The number of ether oxygens (including phenoxy) is 2. The first-order valence-electron chi connectivity index (χ1n) is 9.75. The van der Waals surface area contributed by atoms with Gasteiger partial charge >= 0.3 is 12.1 Å². The molecular weight excluding hydrogens is 364 g/mol. The second kappa shape index (κ2) is 11.0. The lowest BCUT2D eigenvalue weighted by atomic mass is 10.1. The van der Waals surface area contributed by atoms with Crippen molar-refractivity contribution in [3.63, 3.8) is 0 Å². The number of hydrogen-bond acceptors (Lipinski definition) is 6. The molecule has 0 aliphatic carbocycles. The Morgan fingerprint density at radius 2 is 1.96 bits per heavy atom. The van der Waals surface area contributed by atoms with Crippen LogP contribution in [0.4, 0.5) is 4.79 Å². The van der Waals surface area contributed by atoms with Crippen LogP contribution in [-0.2, 0) is 19.1 Å². The zero-order chi connectivity index (χ0) is 21.3. The highest BCUT2D eigenvalue weighted by molar-refractivity contribution is 5.90. The molecule has 28 heavy (non-hydrogen) atoms. The first-order valence-corrected chi connectivity index (χ1v) is 9.75. The number of β-amino-alcohol motifs (C(OH)–C–C–N with tert-alkyl or cyclic N) is 1. The van der Waals surface area contributed by atoms with Gasteiger partial charge in [0.2, 0.25) is 5.91 Å². The standard InChI is InChI=1S/C20H34N2O6/c1-6-7-8-9-10-11-15(21-19(26)28-20(2,3)4)17(24)22-13-14(23)12-16(22)18(25)27-5/h6,14-16,23H,1,7-13H2,2-5H3,(H,21,26)/t14-,15?,16?/m0/s1. The van der Waals surface area contributed by atoms with E-state index >= 15 is 0 Å². The normalized spacial score (nSPS) is 20.4. The van der Waals surface area contributed by atoms with Crippen LogP contribution in [0.2, 0.25) is 0 Å². The molecule has 1 rings (SSSR count). The lowest BCUT2D eigenvalue weighted by Crippen LogP contribution is -2.52. The van der Waals surface area contributed by atoms with E-state index in [1.807, 2.05) is 6.08 Å². The molecule has 8 nitrogen and oxygen atoms in total. The minimum absolute atomic E-state index is 0.0293. The number of allylic oxidation sites excluding steroid dienone is 1. The maximum absolute atomic E-state index is 13.1. The minimum Gasteiger partial charge on any atom is -0.467 e. The Kier molecular flexibility index (Phi) is 9.45. The van der Waals surface area contributed by atoms with Crippen LogP contribution in [0.5, 0.6) is 0 Å². The fourth-order valence-corrected chi connectivity index (χ4v) is 3.14. The summed E-state index contributed by atoms with van der Waals surface area (Å²) in [4.78, 5) is 38.5. The van der Waals surface area contributed by atoms with Crippen LogP contribution in [0.25, 0.3) is 0 Å². The van der Waals surface area contributed by atoms with Crippen molar-refractivity contribution in [1.29, 1.82) is 0 Å². The van der Waals surface area contributed by atoms with Gasteiger partial charge in [0.05, 0.1) is 13.2 Å². The third-order valence-corrected chi connectivity index (χ3v) is 4.43. The average molecular weight is 399 g/mol. The van der Waals surface area contributed by atoms with Crippen LogP contribution >= 0.6 is 0 Å². The molecule has 160 valence electrons. The SMILES string of the molecule is C=CCCCCCC(NC(=O)OC(C)(C)C)C(=O)N1C[C@@H](O)CC1C(=O)OC. The molecule has 1 aliphatic rings. The molecule has 0 spiro atoms. The Morgan fingerprint density at radius 3 is 2.54 bits per heavy atom. The first kappa shape index (κ1) is 23.9. The summed E-state index contributed by atoms with van der Waals surface area (Å²) in [5.74, 6) is -0.992. The largest absolute Gasteiger partial charge is 0.467 e. The van der Waals surface area contributed by atoms with Crippen LogP contribution in [0.3, 0.4) is 0 Å². The van der Waals surface area contributed by atoms with E-state index in [0.29, 0.717) is 6.42 Å². The monoisotopic (exact) mass is 398 g/mol. The molecule has 0 aromatic carbocycles. The summed E-state index contributed by atoms with van der Waals surface area (Å²) in [6.07, 6.45) is 4.33. The molecule has 3 atom stereocenters. The number of nitrogens with zero attached hydrogens (tertiary/aromatic N) is 1. The summed E-state index contributed by atoms with van der Waals surface area (Å²) in [6, 6.07) is -1.69. The lowest BCUT2D eigenvalue weighted by Gasteiger charge is -2.28. The van der Waals surface area contributed by atoms with Crippen LogP contribution < -0.4 is 5.32 Å². The van der Waals surface area contributed by atoms with E-state index in [-0.39, 0.29) is 13.0 Å². The number of unbranched alkanes of at least 4 members (excludes halogenated alkanes) is 3. The molecule has 1 saturated heterocycles. The molecule has 0 aromatic heterocycles. The summed E-state index contributed by atoms with van der Waals surface area (Å²) in [7, 11) is 1.24.